The largest absolute Gasteiger partial charge is 0.375 e. The zero-order valence-electron chi connectivity index (χ0n) is 29.6. The lowest BCUT2D eigenvalue weighted by molar-refractivity contribution is -0.133. The highest BCUT2D eigenvalue weighted by molar-refractivity contribution is 6.09. The van der Waals surface area contributed by atoms with Gasteiger partial charge in [-0.15, -0.1) is 0 Å². The van der Waals surface area contributed by atoms with Gasteiger partial charge in [0.25, 0.3) is 11.8 Å². The second-order valence-electron chi connectivity index (χ2n) is 12.5. The van der Waals surface area contributed by atoms with Crippen molar-refractivity contribution in [1.82, 2.24) is 20.1 Å². The van der Waals surface area contributed by atoms with Gasteiger partial charge in [-0.1, -0.05) is 24.3 Å². The SMILES string of the molecule is COCC(=O)Nc1cccc(C2(C3CCNCC3)N=C(N)N(C)C2=O)c1.COCC(=O)Nc1cccc(C2(c3ccncc3)N=C(N)N(C)C2=O)c1. The predicted molar refractivity (Wildman–Crippen MR) is 195 cm³/mol. The van der Waals surface area contributed by atoms with Crippen molar-refractivity contribution in [3.8, 4) is 0 Å². The first kappa shape index (κ1) is 37.5. The summed E-state index contributed by atoms with van der Waals surface area (Å²) in [5, 5.41) is 8.84. The molecule has 16 heteroatoms. The van der Waals surface area contributed by atoms with Crippen molar-refractivity contribution >= 4 is 46.9 Å². The highest BCUT2D eigenvalue weighted by Gasteiger charge is 2.53. The number of ether oxygens (including phenoxy) is 2. The number of aliphatic imine (C=N–C) groups is 2. The van der Waals surface area contributed by atoms with Crippen molar-refractivity contribution in [2.75, 3.05) is 65.3 Å². The van der Waals surface area contributed by atoms with Gasteiger partial charge in [-0.3, -0.25) is 34.0 Å². The van der Waals surface area contributed by atoms with Crippen LogP contribution in [0.25, 0.3) is 0 Å². The van der Waals surface area contributed by atoms with Crippen LogP contribution in [0.5, 0.6) is 0 Å². The molecule has 4 amide bonds. The molecule has 7 N–H and O–H groups in total. The maximum atomic E-state index is 13.2. The molecule has 2 unspecified atom stereocenters. The van der Waals surface area contributed by atoms with E-state index in [-0.39, 0.29) is 54.7 Å². The molecule has 0 spiro atoms. The molecule has 16 nitrogen and oxygen atoms in total. The Morgan fingerprint density at radius 3 is 1.81 bits per heavy atom. The van der Waals surface area contributed by atoms with Gasteiger partial charge in [-0.05, 0) is 84.9 Å². The zero-order valence-corrected chi connectivity index (χ0v) is 29.6. The van der Waals surface area contributed by atoms with Crippen LogP contribution in [0.3, 0.4) is 0 Å². The Hall–Kier alpha value is -5.71. The molecule has 0 bridgehead atoms. The number of aromatic nitrogens is 1. The first-order valence-corrected chi connectivity index (χ1v) is 16.6. The number of guanidine groups is 2. The highest BCUT2D eigenvalue weighted by Crippen LogP contribution is 2.44. The molecule has 1 fully saturated rings. The maximum Gasteiger partial charge on any atom is 0.266 e. The molecule has 274 valence electrons. The average Bonchev–Trinajstić information content (AvgIpc) is 3.53. The van der Waals surface area contributed by atoms with Gasteiger partial charge < -0.3 is 36.9 Å². The molecule has 1 saturated heterocycles. The Bertz CT molecular complexity index is 1860. The van der Waals surface area contributed by atoms with Crippen molar-refractivity contribution < 1.29 is 28.7 Å². The van der Waals surface area contributed by atoms with Gasteiger partial charge in [0.15, 0.2) is 23.0 Å². The number of nitrogens with one attached hydrogen (secondary N) is 3. The summed E-state index contributed by atoms with van der Waals surface area (Å²) in [6.07, 6.45) is 4.85. The number of likely N-dealkylation sites (N-methyl/N-ethyl adjacent to an activating group) is 2. The Kier molecular flexibility index (Phi) is 11.6. The van der Waals surface area contributed by atoms with Crippen LogP contribution in [-0.2, 0) is 39.7 Å². The van der Waals surface area contributed by atoms with Gasteiger partial charge in [-0.25, -0.2) is 9.98 Å². The molecule has 2 atom stereocenters. The minimum Gasteiger partial charge on any atom is -0.375 e. The number of nitrogens with two attached hydrogens (primary N) is 2. The van der Waals surface area contributed by atoms with Gasteiger partial charge in [0.1, 0.15) is 13.2 Å². The van der Waals surface area contributed by atoms with Crippen molar-refractivity contribution in [3.63, 3.8) is 0 Å². The van der Waals surface area contributed by atoms with Gasteiger partial charge in [0.05, 0.1) is 0 Å². The number of methoxy groups -OCH3 is 2. The van der Waals surface area contributed by atoms with Crippen molar-refractivity contribution in [3.05, 3.63) is 89.7 Å². The van der Waals surface area contributed by atoms with E-state index >= 15 is 0 Å². The van der Waals surface area contributed by atoms with Crippen LogP contribution in [0.15, 0.2) is 83.0 Å². The first-order chi connectivity index (χ1) is 25.0. The molecule has 52 heavy (non-hydrogen) atoms. The van der Waals surface area contributed by atoms with Crippen LogP contribution in [0, 0.1) is 5.92 Å². The van der Waals surface area contributed by atoms with E-state index in [2.05, 4.69) is 30.9 Å². The van der Waals surface area contributed by atoms with Crippen LogP contribution >= 0.6 is 0 Å². The number of hydrogen-bond donors (Lipinski definition) is 5. The molecule has 6 rings (SSSR count). The Morgan fingerprint density at radius 2 is 1.31 bits per heavy atom. The molecule has 4 heterocycles. The molecule has 3 aliphatic heterocycles. The molecule has 1 aromatic heterocycles. The summed E-state index contributed by atoms with van der Waals surface area (Å²) in [7, 11) is 6.13. The Balaban J connectivity index is 0.000000201. The second-order valence-corrected chi connectivity index (χ2v) is 12.5. The fourth-order valence-corrected chi connectivity index (χ4v) is 6.68. The average molecular weight is 713 g/mol. The van der Waals surface area contributed by atoms with Crippen LogP contribution in [-0.4, -0.2) is 105 Å². The number of benzene rings is 2. The van der Waals surface area contributed by atoms with Crippen molar-refractivity contribution in [1.29, 1.82) is 0 Å². The number of carbonyl (C=O) groups excluding carboxylic acids is 4. The van der Waals surface area contributed by atoms with Crippen LogP contribution in [0.2, 0.25) is 0 Å². The molecule has 0 aliphatic carbocycles. The van der Waals surface area contributed by atoms with Crippen LogP contribution in [0.4, 0.5) is 11.4 Å². The van der Waals surface area contributed by atoms with E-state index in [0.29, 0.717) is 22.5 Å². The number of pyridine rings is 1. The smallest absolute Gasteiger partial charge is 0.266 e. The lowest BCUT2D eigenvalue weighted by Crippen LogP contribution is -2.48. The topological polar surface area (TPSA) is 219 Å². The third-order valence-electron chi connectivity index (χ3n) is 9.23. The summed E-state index contributed by atoms with van der Waals surface area (Å²) in [6.45, 7) is 1.58. The lowest BCUT2D eigenvalue weighted by atomic mass is 9.73. The van der Waals surface area contributed by atoms with Gasteiger partial charge >= 0.3 is 0 Å². The molecule has 2 aromatic carbocycles. The minimum absolute atomic E-state index is 0.0313. The normalized spacial score (nSPS) is 21.6. The summed E-state index contributed by atoms with van der Waals surface area (Å²) in [6, 6.07) is 17.7. The summed E-state index contributed by atoms with van der Waals surface area (Å²) in [5.41, 5.74) is 12.7. The molecule has 0 radical (unpaired) electrons. The second kappa shape index (κ2) is 16.1. The quantitative estimate of drug-likeness (QED) is 0.200. The number of anilines is 2. The van der Waals surface area contributed by atoms with Crippen LogP contribution < -0.4 is 27.4 Å². The van der Waals surface area contributed by atoms with E-state index in [9.17, 15) is 19.2 Å². The molecule has 3 aromatic rings. The van der Waals surface area contributed by atoms with Crippen LogP contribution in [0.1, 0.15) is 29.5 Å². The highest BCUT2D eigenvalue weighted by atomic mass is 16.5. The number of nitrogens with zero attached hydrogens (tertiary/aromatic N) is 5. The number of amides is 4. The van der Waals surface area contributed by atoms with Gasteiger partial charge in [0.2, 0.25) is 11.8 Å². The van der Waals surface area contributed by atoms with E-state index < -0.39 is 11.1 Å². The van der Waals surface area contributed by atoms with Crippen molar-refractivity contribution in [2.24, 2.45) is 27.4 Å². The summed E-state index contributed by atoms with van der Waals surface area (Å²) < 4.78 is 9.67. The molecule has 0 saturated carbocycles. The Labute approximate surface area is 301 Å². The molecule has 3 aliphatic rings. The number of rotatable bonds is 10. The van der Waals surface area contributed by atoms with Gasteiger partial charge in [0, 0.05) is 52.1 Å². The predicted octanol–water partition coefficient (Wildman–Crippen LogP) is 0.950. The first-order valence-electron chi connectivity index (χ1n) is 16.6. The maximum absolute atomic E-state index is 13.2. The third kappa shape index (κ3) is 7.35. The monoisotopic (exact) mass is 712 g/mol. The number of carbonyl (C=O) groups is 4. The fourth-order valence-electron chi connectivity index (χ4n) is 6.68. The van der Waals surface area contributed by atoms with Gasteiger partial charge in [-0.2, -0.15) is 0 Å². The van der Waals surface area contributed by atoms with E-state index in [4.69, 9.17) is 20.9 Å². The number of hydrogen-bond acceptors (Lipinski definition) is 12. The minimum atomic E-state index is -1.32. The van der Waals surface area contributed by atoms with E-state index in [0.717, 1.165) is 31.5 Å². The zero-order chi connectivity index (χ0) is 37.5. The van der Waals surface area contributed by atoms with Crippen molar-refractivity contribution in [2.45, 2.75) is 23.9 Å². The van der Waals surface area contributed by atoms with E-state index in [1.54, 1.807) is 69.0 Å². The summed E-state index contributed by atoms with van der Waals surface area (Å²) in [5.74, 6) is -0.546. The third-order valence-corrected chi connectivity index (χ3v) is 9.23. The molecular weight excluding hydrogens is 668 g/mol. The van der Waals surface area contributed by atoms with E-state index in [1.807, 2.05) is 18.2 Å². The summed E-state index contributed by atoms with van der Waals surface area (Å²) in [4.78, 5) is 65.7. The Morgan fingerprint density at radius 1 is 0.788 bits per heavy atom. The fraction of sp³-hybridized carbons (Fsp3) is 0.361. The number of piperidine rings is 1. The standard InChI is InChI=1S/C18H25N5O3.C18H19N5O3/c2*1-23-16(25)18(22-17(23)19,12-6-8-20-9-7-12)13-4-3-5-14(10-13)21-15(24)11-26-2/h3-5,10,12,20H,6-9,11H2,1-2H3,(H2,19,22)(H,21,24);3-10H,11H2,1-2H3,(H2,19,22)(H,21,24). The molecular formula is C36H44N10O6. The summed E-state index contributed by atoms with van der Waals surface area (Å²) >= 11 is 0. The van der Waals surface area contributed by atoms with E-state index in [1.165, 1.54) is 24.0 Å². The lowest BCUT2D eigenvalue weighted by Gasteiger charge is -2.36.